The molecule has 1 amide bonds. The van der Waals surface area contributed by atoms with E-state index in [0.29, 0.717) is 12.2 Å². The number of hydrogen-bond donors (Lipinski definition) is 1. The van der Waals surface area contributed by atoms with E-state index in [-0.39, 0.29) is 11.9 Å². The third-order valence-corrected chi connectivity index (χ3v) is 7.59. The van der Waals surface area contributed by atoms with Crippen molar-refractivity contribution in [3.8, 4) is 5.00 Å². The average Bonchev–Trinajstić information content (AvgIpc) is 3.39. The summed E-state index contributed by atoms with van der Waals surface area (Å²) in [4.78, 5) is 26.9. The lowest BCUT2D eigenvalue weighted by atomic mass is 9.95. The number of amides is 1. The van der Waals surface area contributed by atoms with Crippen LogP contribution in [0.4, 0.5) is 5.69 Å². The molecular formula is C26H26N2O3S. The molecule has 5 rings (SSSR count). The molecule has 1 aliphatic carbocycles. The van der Waals surface area contributed by atoms with E-state index in [2.05, 4.69) is 16.0 Å². The summed E-state index contributed by atoms with van der Waals surface area (Å²) in [5.41, 5.74) is 7.32. The van der Waals surface area contributed by atoms with Gasteiger partial charge in [-0.2, -0.15) is 0 Å². The Morgan fingerprint density at radius 1 is 1.22 bits per heavy atom. The number of carbonyl (C=O) groups is 2. The van der Waals surface area contributed by atoms with Crippen molar-refractivity contribution in [2.45, 2.75) is 46.5 Å². The van der Waals surface area contributed by atoms with Crippen molar-refractivity contribution < 1.29 is 14.3 Å². The maximum Gasteiger partial charge on any atom is 0.341 e. The van der Waals surface area contributed by atoms with Gasteiger partial charge < -0.3 is 14.6 Å². The van der Waals surface area contributed by atoms with Crippen molar-refractivity contribution >= 4 is 40.5 Å². The van der Waals surface area contributed by atoms with Crippen molar-refractivity contribution in [3.05, 3.63) is 68.9 Å². The molecule has 6 heteroatoms. The van der Waals surface area contributed by atoms with Gasteiger partial charge in [-0.25, -0.2) is 4.79 Å². The summed E-state index contributed by atoms with van der Waals surface area (Å²) in [5, 5.41) is 3.87. The molecule has 0 saturated heterocycles. The molecule has 1 N–H and O–H groups in total. The molecule has 164 valence electrons. The lowest BCUT2D eigenvalue weighted by molar-refractivity contribution is -0.110. The Hall–Kier alpha value is -3.12. The number of esters is 1. The number of fused-ring (bicyclic) bond motifs is 2. The van der Waals surface area contributed by atoms with Gasteiger partial charge in [-0.1, -0.05) is 18.2 Å². The highest BCUT2D eigenvalue weighted by molar-refractivity contribution is 7.15. The van der Waals surface area contributed by atoms with Crippen LogP contribution < -0.4 is 5.32 Å². The maximum atomic E-state index is 13.0. The second-order valence-electron chi connectivity index (χ2n) is 8.33. The molecule has 0 spiro atoms. The zero-order valence-corrected chi connectivity index (χ0v) is 19.4. The van der Waals surface area contributed by atoms with Crippen molar-refractivity contribution in [1.82, 2.24) is 4.57 Å². The van der Waals surface area contributed by atoms with Gasteiger partial charge in [0.25, 0.3) is 5.91 Å². The second-order valence-corrected chi connectivity index (χ2v) is 9.41. The first-order valence-electron chi connectivity index (χ1n) is 11.1. The van der Waals surface area contributed by atoms with E-state index in [0.717, 1.165) is 70.0 Å². The molecule has 1 aromatic carbocycles. The first kappa shape index (κ1) is 20.8. The van der Waals surface area contributed by atoms with Gasteiger partial charge in [-0.3, -0.25) is 4.79 Å². The van der Waals surface area contributed by atoms with Crippen LogP contribution in [-0.4, -0.2) is 23.1 Å². The van der Waals surface area contributed by atoms with Crippen molar-refractivity contribution in [1.29, 1.82) is 0 Å². The Bertz CT molecular complexity index is 1280. The Kier molecular flexibility index (Phi) is 5.25. The molecule has 32 heavy (non-hydrogen) atoms. The van der Waals surface area contributed by atoms with E-state index in [1.54, 1.807) is 11.3 Å². The van der Waals surface area contributed by atoms with Crippen LogP contribution in [0, 0.1) is 13.8 Å². The average molecular weight is 447 g/mol. The Labute approximate surface area is 191 Å². The lowest BCUT2D eigenvalue weighted by Gasteiger charge is -2.13. The monoisotopic (exact) mass is 446 g/mol. The summed E-state index contributed by atoms with van der Waals surface area (Å²) in [5.74, 6) is -0.326. The number of aryl methyl sites for hydroxylation is 2. The van der Waals surface area contributed by atoms with E-state index < -0.39 is 0 Å². The Balaban J connectivity index is 1.64. The van der Waals surface area contributed by atoms with Crippen LogP contribution in [0.15, 0.2) is 30.3 Å². The summed E-state index contributed by atoms with van der Waals surface area (Å²) >= 11 is 1.70. The van der Waals surface area contributed by atoms with Crippen LogP contribution in [0.25, 0.3) is 16.7 Å². The normalized spacial score (nSPS) is 16.1. The zero-order chi connectivity index (χ0) is 22.4. The minimum Gasteiger partial charge on any atom is -0.462 e. The van der Waals surface area contributed by atoms with Gasteiger partial charge in [0, 0.05) is 33.1 Å². The van der Waals surface area contributed by atoms with E-state index in [4.69, 9.17) is 4.74 Å². The van der Waals surface area contributed by atoms with Crippen molar-refractivity contribution in [2.24, 2.45) is 0 Å². The van der Waals surface area contributed by atoms with E-state index in [1.165, 1.54) is 4.88 Å². The van der Waals surface area contributed by atoms with Gasteiger partial charge in [0.15, 0.2) is 0 Å². The number of aromatic nitrogens is 1. The number of nitrogens with one attached hydrogen (secondary N) is 1. The highest BCUT2D eigenvalue weighted by Crippen LogP contribution is 2.40. The number of rotatable bonds is 4. The number of nitrogens with zero attached hydrogens (tertiary/aromatic N) is 1. The molecular weight excluding hydrogens is 420 g/mol. The standard InChI is InChI=1S/C26H26N2O3S/c1-4-31-26(30)23-19-10-6-8-12-22(19)32-25(23)28-15(2)13-17(16(28)3)14-20-18-9-5-7-11-21(18)27-24(20)29/h5,7,9,11,13-14H,4,6,8,10,12H2,1-3H3,(H,27,29)/b20-14+. The molecule has 0 fully saturated rings. The van der Waals surface area contributed by atoms with Gasteiger partial charge in [0.2, 0.25) is 0 Å². The number of hydrogen-bond acceptors (Lipinski definition) is 4. The minimum atomic E-state index is -0.238. The molecule has 2 aromatic heterocycles. The summed E-state index contributed by atoms with van der Waals surface area (Å²) < 4.78 is 7.60. The quantitative estimate of drug-likeness (QED) is 0.413. The predicted octanol–water partition coefficient (Wildman–Crippen LogP) is 5.70. The zero-order valence-electron chi connectivity index (χ0n) is 18.6. The van der Waals surface area contributed by atoms with Gasteiger partial charge in [-0.05, 0) is 75.8 Å². The number of anilines is 1. The molecule has 3 heterocycles. The largest absolute Gasteiger partial charge is 0.462 e. The Morgan fingerprint density at radius 3 is 2.81 bits per heavy atom. The van der Waals surface area contributed by atoms with Crippen molar-refractivity contribution in [2.75, 3.05) is 11.9 Å². The van der Waals surface area contributed by atoms with Gasteiger partial charge >= 0.3 is 5.97 Å². The first-order chi connectivity index (χ1) is 15.5. The van der Waals surface area contributed by atoms with Gasteiger partial charge in [0.1, 0.15) is 5.00 Å². The summed E-state index contributed by atoms with van der Waals surface area (Å²) in [7, 11) is 0. The highest BCUT2D eigenvalue weighted by atomic mass is 32.1. The molecule has 5 nitrogen and oxygen atoms in total. The SMILES string of the molecule is CCOC(=O)c1c(-n2c(C)cc(/C=C3/C(=O)Nc4ccccc43)c2C)sc2c1CCCC2. The third-order valence-electron chi connectivity index (χ3n) is 6.32. The van der Waals surface area contributed by atoms with Crippen LogP contribution in [0.5, 0.6) is 0 Å². The van der Waals surface area contributed by atoms with E-state index >= 15 is 0 Å². The molecule has 0 bridgehead atoms. The highest BCUT2D eigenvalue weighted by Gasteiger charge is 2.29. The van der Waals surface area contributed by atoms with Crippen LogP contribution in [0.2, 0.25) is 0 Å². The first-order valence-corrected chi connectivity index (χ1v) is 11.9. The maximum absolute atomic E-state index is 13.0. The number of benzene rings is 1. The lowest BCUT2D eigenvalue weighted by Crippen LogP contribution is -2.12. The minimum absolute atomic E-state index is 0.0881. The second kappa shape index (κ2) is 8.10. The Morgan fingerprint density at radius 2 is 2.00 bits per heavy atom. The number of para-hydroxylation sites is 1. The fourth-order valence-electron chi connectivity index (χ4n) is 4.81. The van der Waals surface area contributed by atoms with Crippen LogP contribution >= 0.6 is 11.3 Å². The van der Waals surface area contributed by atoms with E-state index in [9.17, 15) is 9.59 Å². The summed E-state index contributed by atoms with van der Waals surface area (Å²) in [6.45, 7) is 6.30. The van der Waals surface area contributed by atoms with Crippen LogP contribution in [0.1, 0.15) is 63.1 Å². The molecule has 0 saturated carbocycles. The van der Waals surface area contributed by atoms with Crippen molar-refractivity contribution in [3.63, 3.8) is 0 Å². The number of thiophene rings is 1. The molecule has 3 aromatic rings. The summed E-state index contributed by atoms with van der Waals surface area (Å²) in [6, 6.07) is 9.83. The fraction of sp³-hybridized carbons (Fsp3) is 0.308. The fourth-order valence-corrected chi connectivity index (χ4v) is 6.29. The van der Waals surface area contributed by atoms with Crippen LogP contribution in [-0.2, 0) is 22.4 Å². The van der Waals surface area contributed by atoms with Gasteiger partial charge in [-0.15, -0.1) is 11.3 Å². The third kappa shape index (κ3) is 3.30. The predicted molar refractivity (Wildman–Crippen MR) is 129 cm³/mol. The number of carbonyl (C=O) groups excluding carboxylic acids is 2. The number of ether oxygens (including phenoxy) is 1. The summed E-state index contributed by atoms with van der Waals surface area (Å²) in [6.07, 6.45) is 6.15. The van der Waals surface area contributed by atoms with Crippen LogP contribution in [0.3, 0.4) is 0 Å². The molecule has 2 aliphatic rings. The molecule has 0 atom stereocenters. The smallest absolute Gasteiger partial charge is 0.341 e. The molecule has 0 unspecified atom stereocenters. The van der Waals surface area contributed by atoms with Gasteiger partial charge in [0.05, 0.1) is 12.2 Å². The molecule has 1 aliphatic heterocycles. The van der Waals surface area contributed by atoms with E-state index in [1.807, 2.05) is 51.1 Å². The topological polar surface area (TPSA) is 60.3 Å². The molecule has 0 radical (unpaired) electrons.